The van der Waals surface area contributed by atoms with Crippen molar-refractivity contribution in [1.82, 2.24) is 4.98 Å². The zero-order valence-corrected chi connectivity index (χ0v) is 13.6. The molecule has 0 saturated heterocycles. The highest BCUT2D eigenvalue weighted by molar-refractivity contribution is 7.84. The lowest BCUT2D eigenvalue weighted by Gasteiger charge is -2.13. The van der Waals surface area contributed by atoms with Crippen molar-refractivity contribution in [2.75, 3.05) is 12.8 Å². The smallest absolute Gasteiger partial charge is 0.128 e. The van der Waals surface area contributed by atoms with Crippen molar-refractivity contribution in [2.45, 2.75) is 31.4 Å². The number of ether oxygens (including phenoxy) is 1. The maximum absolute atomic E-state index is 12.6. The van der Waals surface area contributed by atoms with Gasteiger partial charge in [0.2, 0.25) is 0 Å². The lowest BCUT2D eigenvalue weighted by Crippen LogP contribution is -2.06. The maximum atomic E-state index is 12.6. The number of anilines is 1. The molecule has 1 aromatic heterocycles. The van der Waals surface area contributed by atoms with E-state index in [0.29, 0.717) is 16.3 Å². The minimum absolute atomic E-state index is 0.329. The fourth-order valence-corrected chi connectivity index (χ4v) is 3.60. The van der Waals surface area contributed by atoms with E-state index >= 15 is 0 Å². The largest absolute Gasteiger partial charge is 0.496 e. The lowest BCUT2D eigenvalue weighted by atomic mass is 10.1. The van der Waals surface area contributed by atoms with Gasteiger partial charge in [0.1, 0.15) is 5.75 Å². The van der Waals surface area contributed by atoms with Crippen LogP contribution >= 0.6 is 0 Å². The van der Waals surface area contributed by atoms with E-state index in [-0.39, 0.29) is 0 Å². The molecule has 1 atom stereocenters. The molecular weight excluding hydrogens is 284 g/mol. The van der Waals surface area contributed by atoms with Crippen LogP contribution in [0.4, 0.5) is 5.69 Å². The second-order valence-corrected chi connectivity index (χ2v) is 6.44. The third-order valence-electron chi connectivity index (χ3n) is 3.55. The van der Waals surface area contributed by atoms with Crippen LogP contribution in [-0.4, -0.2) is 16.3 Å². The number of aryl methyl sites for hydroxylation is 2. The third kappa shape index (κ3) is 3.08. The molecule has 0 spiro atoms. The molecule has 0 radical (unpaired) electrons. The number of pyridine rings is 1. The molecule has 2 aromatic rings. The molecule has 0 amide bonds. The highest BCUT2D eigenvalue weighted by atomic mass is 32.2. The Labute approximate surface area is 127 Å². The van der Waals surface area contributed by atoms with E-state index < -0.39 is 10.8 Å². The Morgan fingerprint density at radius 1 is 1.24 bits per heavy atom. The topological polar surface area (TPSA) is 65.2 Å². The normalized spacial score (nSPS) is 12.2. The van der Waals surface area contributed by atoms with Gasteiger partial charge in [-0.3, -0.25) is 9.19 Å². The molecule has 0 bridgehead atoms. The van der Waals surface area contributed by atoms with Crippen LogP contribution in [0.1, 0.15) is 22.4 Å². The molecule has 0 aliphatic rings. The monoisotopic (exact) mass is 304 g/mol. The average Bonchev–Trinajstić information content (AvgIpc) is 2.45. The summed E-state index contributed by atoms with van der Waals surface area (Å²) >= 11 is 0. The minimum atomic E-state index is -1.23. The molecule has 2 N–H and O–H groups in total. The van der Waals surface area contributed by atoms with Gasteiger partial charge in [-0.15, -0.1) is 0 Å². The van der Waals surface area contributed by atoms with Gasteiger partial charge in [-0.2, -0.15) is 0 Å². The van der Waals surface area contributed by atoms with Crippen molar-refractivity contribution in [3.05, 3.63) is 46.8 Å². The average molecular weight is 304 g/mol. The van der Waals surface area contributed by atoms with E-state index in [1.807, 2.05) is 32.9 Å². The Kier molecular flexibility index (Phi) is 4.63. The van der Waals surface area contributed by atoms with Crippen LogP contribution in [0.5, 0.6) is 5.75 Å². The van der Waals surface area contributed by atoms with E-state index in [0.717, 1.165) is 28.1 Å². The molecule has 0 fully saturated rings. The summed E-state index contributed by atoms with van der Waals surface area (Å²) in [5.74, 6) is 1.13. The third-order valence-corrected chi connectivity index (χ3v) is 4.93. The summed E-state index contributed by atoms with van der Waals surface area (Å²) in [6.07, 6.45) is 1.75. The Balaban J connectivity index is 2.34. The lowest BCUT2D eigenvalue weighted by molar-refractivity contribution is 0.407. The molecular formula is C16H20N2O2S. The van der Waals surface area contributed by atoms with E-state index in [1.54, 1.807) is 19.4 Å². The van der Waals surface area contributed by atoms with Gasteiger partial charge in [-0.25, -0.2) is 0 Å². The molecule has 1 heterocycles. The zero-order chi connectivity index (χ0) is 15.6. The van der Waals surface area contributed by atoms with Crippen molar-refractivity contribution in [3.63, 3.8) is 0 Å². The summed E-state index contributed by atoms with van der Waals surface area (Å²) in [5.41, 5.74) is 10.2. The van der Waals surface area contributed by atoms with Crippen LogP contribution in [0, 0.1) is 20.8 Å². The molecule has 0 saturated carbocycles. The quantitative estimate of drug-likeness (QED) is 0.882. The first kappa shape index (κ1) is 15.5. The summed E-state index contributed by atoms with van der Waals surface area (Å²) in [6, 6.07) is 5.59. The zero-order valence-electron chi connectivity index (χ0n) is 12.8. The molecule has 0 aliphatic heterocycles. The van der Waals surface area contributed by atoms with Gasteiger partial charge in [-0.05, 0) is 32.4 Å². The molecule has 0 aliphatic carbocycles. The first-order chi connectivity index (χ1) is 9.95. The van der Waals surface area contributed by atoms with Gasteiger partial charge in [0.05, 0.1) is 39.9 Å². The molecule has 1 aromatic carbocycles. The second-order valence-electron chi connectivity index (χ2n) is 5.02. The van der Waals surface area contributed by atoms with Crippen LogP contribution < -0.4 is 10.5 Å². The predicted molar refractivity (Wildman–Crippen MR) is 86.0 cm³/mol. The van der Waals surface area contributed by atoms with E-state index in [4.69, 9.17) is 10.5 Å². The van der Waals surface area contributed by atoms with Crippen LogP contribution in [0.3, 0.4) is 0 Å². The van der Waals surface area contributed by atoms with Crippen LogP contribution in [-0.2, 0) is 16.6 Å². The molecule has 4 nitrogen and oxygen atoms in total. The summed E-state index contributed by atoms with van der Waals surface area (Å²) in [7, 11) is 0.407. The van der Waals surface area contributed by atoms with Gasteiger partial charge < -0.3 is 10.5 Å². The molecule has 1 unspecified atom stereocenters. The van der Waals surface area contributed by atoms with Crippen molar-refractivity contribution in [2.24, 2.45) is 0 Å². The van der Waals surface area contributed by atoms with Crippen LogP contribution in [0.15, 0.2) is 29.3 Å². The number of para-hydroxylation sites is 1. The van der Waals surface area contributed by atoms with Gasteiger partial charge >= 0.3 is 0 Å². The molecule has 112 valence electrons. The first-order valence-corrected chi connectivity index (χ1v) is 8.00. The molecule has 5 heteroatoms. The van der Waals surface area contributed by atoms with Crippen molar-refractivity contribution in [1.29, 1.82) is 0 Å². The fourth-order valence-electron chi connectivity index (χ4n) is 2.27. The number of rotatable bonds is 4. The fraction of sp³-hybridized carbons (Fsp3) is 0.312. The number of hydrogen-bond acceptors (Lipinski definition) is 4. The maximum Gasteiger partial charge on any atom is 0.128 e. The van der Waals surface area contributed by atoms with Gasteiger partial charge in [0.15, 0.2) is 0 Å². The van der Waals surface area contributed by atoms with Crippen molar-refractivity contribution in [3.8, 4) is 5.75 Å². The highest BCUT2D eigenvalue weighted by Gasteiger charge is 2.15. The van der Waals surface area contributed by atoms with Gasteiger partial charge in [0.25, 0.3) is 0 Å². The predicted octanol–water partition coefficient (Wildman–Crippen LogP) is 2.91. The molecule has 21 heavy (non-hydrogen) atoms. The summed E-state index contributed by atoms with van der Waals surface area (Å²) in [5, 5.41) is 0. The SMILES string of the molecule is COc1c(C)cnc(CS(=O)c2cccc(C)c2N)c1C. The summed E-state index contributed by atoms with van der Waals surface area (Å²) in [6.45, 7) is 5.79. The van der Waals surface area contributed by atoms with E-state index in [1.165, 1.54) is 0 Å². The standard InChI is InChI=1S/C16H20N2O2S/c1-10-6-5-7-14(15(10)17)21(19)9-13-12(3)16(20-4)11(2)8-18-13/h5-8H,9,17H2,1-4H3. The van der Waals surface area contributed by atoms with E-state index in [2.05, 4.69) is 4.98 Å². The van der Waals surface area contributed by atoms with Crippen LogP contribution in [0.2, 0.25) is 0 Å². The minimum Gasteiger partial charge on any atom is -0.496 e. The van der Waals surface area contributed by atoms with Gasteiger partial charge in [-0.1, -0.05) is 12.1 Å². The number of aromatic nitrogens is 1. The number of nitrogens with zero attached hydrogens (tertiary/aromatic N) is 1. The second kappa shape index (κ2) is 6.26. The Hall–Kier alpha value is -1.88. The number of hydrogen-bond donors (Lipinski definition) is 1. The van der Waals surface area contributed by atoms with Crippen molar-refractivity contribution < 1.29 is 8.95 Å². The number of methoxy groups -OCH3 is 1. The summed E-state index contributed by atoms with van der Waals surface area (Å²) in [4.78, 5) is 5.05. The first-order valence-electron chi connectivity index (χ1n) is 6.68. The van der Waals surface area contributed by atoms with Crippen molar-refractivity contribution >= 4 is 16.5 Å². The summed E-state index contributed by atoms with van der Waals surface area (Å²) < 4.78 is 18.0. The highest BCUT2D eigenvalue weighted by Crippen LogP contribution is 2.27. The van der Waals surface area contributed by atoms with E-state index in [9.17, 15) is 4.21 Å². The number of benzene rings is 1. The number of nitrogen functional groups attached to an aromatic ring is 1. The molecule has 2 rings (SSSR count). The van der Waals surface area contributed by atoms with Gasteiger partial charge in [0, 0.05) is 17.3 Å². The Morgan fingerprint density at radius 2 is 1.95 bits per heavy atom. The Morgan fingerprint density at radius 3 is 2.62 bits per heavy atom. The van der Waals surface area contributed by atoms with Crippen LogP contribution in [0.25, 0.3) is 0 Å². The number of nitrogens with two attached hydrogens (primary N) is 1. The Bertz CT molecular complexity index is 699.